The number of methoxy groups -OCH3 is 1. The minimum absolute atomic E-state index is 0. The molecule has 0 saturated heterocycles. The van der Waals surface area contributed by atoms with E-state index in [1.54, 1.807) is 7.11 Å². The van der Waals surface area contributed by atoms with E-state index in [0.29, 0.717) is 12.1 Å². The molecule has 0 aromatic heterocycles. The molecule has 0 aromatic rings. The zero-order chi connectivity index (χ0) is 5.98. The maximum Gasteiger partial charge on any atom is 0.0724 e. The van der Waals surface area contributed by atoms with E-state index in [1.165, 1.54) is 12.8 Å². The van der Waals surface area contributed by atoms with Gasteiger partial charge in [-0.25, -0.2) is 0 Å². The lowest BCUT2D eigenvalue weighted by atomic mass is 9.89. The number of rotatable bonds is 2. The van der Waals surface area contributed by atoms with Crippen LogP contribution in [-0.4, -0.2) is 26.3 Å². The van der Waals surface area contributed by atoms with Gasteiger partial charge in [0.15, 0.2) is 0 Å². The second-order valence-electron chi connectivity index (χ2n) is 2.25. The lowest BCUT2D eigenvalue weighted by molar-refractivity contribution is 0.00957. The summed E-state index contributed by atoms with van der Waals surface area (Å²) in [4.78, 5) is 0. The molecule has 0 amide bonds. The molecule has 0 spiro atoms. The second-order valence-corrected chi connectivity index (χ2v) is 2.25. The van der Waals surface area contributed by atoms with Crippen molar-refractivity contribution in [1.29, 1.82) is 0 Å². The number of hydrogen-bond donors (Lipinski definition) is 1. The van der Waals surface area contributed by atoms with Crippen molar-refractivity contribution in [3.05, 3.63) is 0 Å². The summed E-state index contributed by atoms with van der Waals surface area (Å²) < 4.78 is 5.13. The molecule has 1 aliphatic rings. The quantitative estimate of drug-likeness (QED) is 0.631. The van der Waals surface area contributed by atoms with E-state index in [9.17, 15) is 0 Å². The van der Waals surface area contributed by atoms with E-state index in [1.807, 2.05) is 7.05 Å². The molecule has 0 radical (unpaired) electrons. The van der Waals surface area contributed by atoms with Crippen molar-refractivity contribution < 1.29 is 4.74 Å². The Morgan fingerprint density at radius 3 is 2.22 bits per heavy atom. The smallest absolute Gasteiger partial charge is 0.0724 e. The van der Waals surface area contributed by atoms with Gasteiger partial charge in [0.25, 0.3) is 0 Å². The molecule has 1 aliphatic carbocycles. The van der Waals surface area contributed by atoms with Gasteiger partial charge in [-0.3, -0.25) is 0 Å². The highest BCUT2D eigenvalue weighted by Crippen LogP contribution is 2.21. The summed E-state index contributed by atoms with van der Waals surface area (Å²) in [5, 5.41) is 3.18. The summed E-state index contributed by atoms with van der Waals surface area (Å²) in [5.41, 5.74) is 0. The highest BCUT2D eigenvalue weighted by molar-refractivity contribution is 5.85. The molecule has 56 valence electrons. The second kappa shape index (κ2) is 4.09. The van der Waals surface area contributed by atoms with Crippen molar-refractivity contribution in [1.82, 2.24) is 5.32 Å². The van der Waals surface area contributed by atoms with Gasteiger partial charge in [0.2, 0.25) is 0 Å². The Balaban J connectivity index is 0.000000640. The van der Waals surface area contributed by atoms with Gasteiger partial charge in [0.1, 0.15) is 0 Å². The monoisotopic (exact) mass is 151 g/mol. The molecule has 0 unspecified atom stereocenters. The summed E-state index contributed by atoms with van der Waals surface area (Å²) in [6.07, 6.45) is 2.98. The highest BCUT2D eigenvalue weighted by atomic mass is 35.5. The Morgan fingerprint density at radius 1 is 1.44 bits per heavy atom. The molecule has 9 heavy (non-hydrogen) atoms. The third-order valence-corrected chi connectivity index (χ3v) is 1.88. The van der Waals surface area contributed by atoms with E-state index in [-0.39, 0.29) is 12.4 Å². The van der Waals surface area contributed by atoms with Crippen molar-refractivity contribution in [3.8, 4) is 0 Å². The van der Waals surface area contributed by atoms with Crippen LogP contribution >= 0.6 is 12.4 Å². The van der Waals surface area contributed by atoms with Gasteiger partial charge >= 0.3 is 0 Å². The topological polar surface area (TPSA) is 21.3 Å². The van der Waals surface area contributed by atoms with Crippen LogP contribution in [0.3, 0.4) is 0 Å². The lowest BCUT2D eigenvalue weighted by Crippen LogP contribution is -2.47. The Labute approximate surface area is 62.4 Å². The first-order valence-electron chi connectivity index (χ1n) is 3.08. The average molecular weight is 152 g/mol. The van der Waals surface area contributed by atoms with Crippen LogP contribution in [0.5, 0.6) is 0 Å². The third kappa shape index (κ3) is 1.81. The number of hydrogen-bond acceptors (Lipinski definition) is 2. The fraction of sp³-hybridized carbons (Fsp3) is 1.00. The van der Waals surface area contributed by atoms with Gasteiger partial charge in [-0.15, -0.1) is 12.4 Å². The molecule has 2 nitrogen and oxygen atoms in total. The molecule has 1 N–H and O–H groups in total. The van der Waals surface area contributed by atoms with E-state index >= 15 is 0 Å². The third-order valence-electron chi connectivity index (χ3n) is 1.88. The van der Waals surface area contributed by atoms with Crippen LogP contribution in [0, 0.1) is 0 Å². The standard InChI is InChI=1S/C6H13NO.ClH/c1-7-5-3-4-6(5)8-2;/h5-7H,3-4H2,1-2H3;1H/t5-,6+;/m1./s1. The molecule has 0 aliphatic heterocycles. The highest BCUT2D eigenvalue weighted by Gasteiger charge is 2.28. The van der Waals surface area contributed by atoms with Crippen molar-refractivity contribution in [2.24, 2.45) is 0 Å². The van der Waals surface area contributed by atoms with E-state index in [2.05, 4.69) is 5.32 Å². The summed E-state index contributed by atoms with van der Waals surface area (Å²) in [7, 11) is 3.75. The average Bonchev–Trinajstić information content (AvgIpc) is 1.66. The zero-order valence-electron chi connectivity index (χ0n) is 5.89. The van der Waals surface area contributed by atoms with Crippen LogP contribution in [0.2, 0.25) is 0 Å². The Hall–Kier alpha value is 0.210. The molecule has 0 heterocycles. The van der Waals surface area contributed by atoms with Crippen LogP contribution in [0.1, 0.15) is 12.8 Å². The predicted molar refractivity (Wildman–Crippen MR) is 40.1 cm³/mol. The molecule has 0 aromatic carbocycles. The lowest BCUT2D eigenvalue weighted by Gasteiger charge is -2.34. The SMILES string of the molecule is CN[C@@H]1CC[C@@H]1OC.Cl. The van der Waals surface area contributed by atoms with Crippen LogP contribution in [0.4, 0.5) is 0 Å². The summed E-state index contributed by atoms with van der Waals surface area (Å²) >= 11 is 0. The Kier molecular flexibility index (Phi) is 4.19. The Bertz CT molecular complexity index is 65.5. The van der Waals surface area contributed by atoms with E-state index in [0.717, 1.165) is 0 Å². The fourth-order valence-electron chi connectivity index (χ4n) is 1.08. The first-order chi connectivity index (χ1) is 3.88. The first kappa shape index (κ1) is 9.21. The van der Waals surface area contributed by atoms with E-state index < -0.39 is 0 Å². The minimum atomic E-state index is 0. The zero-order valence-corrected chi connectivity index (χ0v) is 6.70. The Morgan fingerprint density at radius 2 is 2.11 bits per heavy atom. The number of halogens is 1. The largest absolute Gasteiger partial charge is 0.380 e. The van der Waals surface area contributed by atoms with Crippen LogP contribution < -0.4 is 5.32 Å². The minimum Gasteiger partial charge on any atom is -0.380 e. The molecular formula is C6H14ClNO. The molecule has 1 fully saturated rings. The fourth-order valence-corrected chi connectivity index (χ4v) is 1.08. The van der Waals surface area contributed by atoms with Gasteiger partial charge in [-0.2, -0.15) is 0 Å². The van der Waals surface area contributed by atoms with E-state index in [4.69, 9.17) is 4.74 Å². The van der Waals surface area contributed by atoms with Crippen molar-refractivity contribution in [2.45, 2.75) is 25.0 Å². The van der Waals surface area contributed by atoms with Crippen LogP contribution in [-0.2, 0) is 4.74 Å². The normalized spacial score (nSPS) is 32.7. The van der Waals surface area contributed by atoms with Crippen molar-refractivity contribution in [2.75, 3.05) is 14.2 Å². The molecule has 3 heteroatoms. The first-order valence-corrected chi connectivity index (χ1v) is 3.08. The summed E-state index contributed by atoms with van der Waals surface area (Å²) in [5.74, 6) is 0. The maximum absolute atomic E-state index is 5.13. The van der Waals surface area contributed by atoms with Crippen LogP contribution in [0.25, 0.3) is 0 Å². The maximum atomic E-state index is 5.13. The molecule has 0 bridgehead atoms. The van der Waals surface area contributed by atoms with Gasteiger partial charge in [0.05, 0.1) is 6.10 Å². The van der Waals surface area contributed by atoms with Crippen molar-refractivity contribution >= 4 is 12.4 Å². The van der Waals surface area contributed by atoms with Gasteiger partial charge in [-0.05, 0) is 19.9 Å². The van der Waals surface area contributed by atoms with Gasteiger partial charge in [-0.1, -0.05) is 0 Å². The number of nitrogens with one attached hydrogen (secondary N) is 1. The van der Waals surface area contributed by atoms with Crippen molar-refractivity contribution in [3.63, 3.8) is 0 Å². The molecule has 2 atom stereocenters. The van der Waals surface area contributed by atoms with Gasteiger partial charge in [0, 0.05) is 13.2 Å². The summed E-state index contributed by atoms with van der Waals surface area (Å²) in [6.45, 7) is 0. The van der Waals surface area contributed by atoms with Crippen LogP contribution in [0.15, 0.2) is 0 Å². The summed E-state index contributed by atoms with van der Waals surface area (Å²) in [6, 6.07) is 0.625. The number of likely N-dealkylation sites (N-methyl/N-ethyl adjacent to an activating group) is 1. The van der Waals surface area contributed by atoms with Gasteiger partial charge < -0.3 is 10.1 Å². The molecule has 1 saturated carbocycles. The number of ether oxygens (including phenoxy) is 1. The molecular weight excluding hydrogens is 138 g/mol. The molecule has 1 rings (SSSR count). The predicted octanol–water partition coefficient (Wildman–Crippen LogP) is 0.805.